The molecule has 90 valence electrons. The number of nitrogens with zero attached hydrogens (tertiary/aromatic N) is 2. The van der Waals surface area contributed by atoms with Crippen LogP contribution in [0.25, 0.3) is 0 Å². The zero-order valence-electron chi connectivity index (χ0n) is 8.90. The first-order chi connectivity index (χ1) is 8.11. The number of aromatic nitrogens is 2. The maximum Gasteiger partial charge on any atom is 0.138 e. The smallest absolute Gasteiger partial charge is 0.138 e. The molecule has 2 aromatic heterocycles. The fraction of sp³-hybridized carbons (Fsp3) is 0.0909. The number of pyridine rings is 2. The van der Waals surface area contributed by atoms with E-state index in [4.69, 9.17) is 4.74 Å². The lowest BCUT2D eigenvalue weighted by atomic mass is 10.5. The zero-order chi connectivity index (χ0) is 12.7. The van der Waals surface area contributed by atoms with E-state index < -0.39 is 0 Å². The van der Waals surface area contributed by atoms with Crippen LogP contribution in [-0.2, 0) is 0 Å². The van der Waals surface area contributed by atoms with Gasteiger partial charge in [-0.05, 0) is 59.9 Å². The molecule has 0 aliphatic rings. The Morgan fingerprint density at radius 3 is 1.59 bits per heavy atom. The van der Waals surface area contributed by atoms with Crippen LogP contribution in [0.3, 0.4) is 0 Å². The van der Waals surface area contributed by atoms with Crippen LogP contribution in [0.1, 0.15) is 0 Å². The number of halogens is 3. The van der Waals surface area contributed by atoms with Crippen molar-refractivity contribution >= 4 is 47.8 Å². The van der Waals surface area contributed by atoms with Crippen molar-refractivity contribution in [2.24, 2.45) is 0 Å². The van der Waals surface area contributed by atoms with E-state index in [0.29, 0.717) is 0 Å². The van der Waals surface area contributed by atoms with Gasteiger partial charge in [-0.15, -0.1) is 0 Å². The van der Waals surface area contributed by atoms with Gasteiger partial charge < -0.3 is 4.74 Å². The summed E-state index contributed by atoms with van der Waals surface area (Å²) in [4.78, 5) is 7.77. The summed E-state index contributed by atoms with van der Waals surface area (Å²) in [5.74, 6) is 0.768. The molecule has 2 rings (SSSR count). The summed E-state index contributed by atoms with van der Waals surface area (Å²) in [5.41, 5.74) is 0. The molecule has 0 aromatic carbocycles. The molecule has 2 aromatic rings. The summed E-state index contributed by atoms with van der Waals surface area (Å²) < 4.78 is 7.82. The van der Waals surface area contributed by atoms with E-state index in [0.717, 1.165) is 19.2 Å². The first-order valence-electron chi connectivity index (χ1n) is 4.52. The molecule has 3 nitrogen and oxygen atoms in total. The number of hydrogen-bond acceptors (Lipinski definition) is 3. The van der Waals surface area contributed by atoms with Crippen LogP contribution in [0.4, 0.5) is 0 Å². The average molecular weight is 425 g/mol. The molecule has 6 heteroatoms. The predicted octanol–water partition coefficient (Wildman–Crippen LogP) is 4.46. The van der Waals surface area contributed by atoms with Gasteiger partial charge in [-0.1, -0.05) is 0 Å². The molecule has 0 unspecified atom stereocenters. The van der Waals surface area contributed by atoms with Crippen molar-refractivity contribution in [2.45, 2.75) is 0 Å². The van der Waals surface area contributed by atoms with Crippen LogP contribution in [0.15, 0.2) is 50.3 Å². The second-order valence-corrected chi connectivity index (χ2v) is 5.61. The summed E-state index contributed by atoms with van der Waals surface area (Å²) in [7, 11) is 1.61. The second kappa shape index (κ2) is 7.79. The first kappa shape index (κ1) is 14.6. The summed E-state index contributed by atoms with van der Waals surface area (Å²) in [6, 6.07) is 3.79. The van der Waals surface area contributed by atoms with Gasteiger partial charge in [0, 0.05) is 32.0 Å². The van der Waals surface area contributed by atoms with E-state index >= 15 is 0 Å². The Hall–Kier alpha value is -0.460. The third-order valence-corrected chi connectivity index (χ3v) is 2.89. The topological polar surface area (TPSA) is 35.0 Å². The third kappa shape index (κ3) is 6.14. The van der Waals surface area contributed by atoms with E-state index in [1.54, 1.807) is 31.9 Å². The van der Waals surface area contributed by atoms with Gasteiger partial charge >= 0.3 is 0 Å². The number of rotatable bonds is 1. The van der Waals surface area contributed by atoms with E-state index in [-0.39, 0.29) is 0 Å². The molecule has 0 aliphatic heterocycles. The molecule has 0 aliphatic carbocycles. The Bertz CT molecular complexity index is 463. The fourth-order valence-electron chi connectivity index (χ4n) is 0.890. The predicted molar refractivity (Wildman–Crippen MR) is 78.1 cm³/mol. The maximum absolute atomic E-state index is 4.90. The Kier molecular flexibility index (Phi) is 6.69. The summed E-state index contributed by atoms with van der Waals surface area (Å²) in [5, 5.41) is 0. The van der Waals surface area contributed by atoms with Gasteiger partial charge in [0.25, 0.3) is 0 Å². The highest BCUT2D eigenvalue weighted by molar-refractivity contribution is 9.11. The fourth-order valence-corrected chi connectivity index (χ4v) is 2.27. The molecule has 17 heavy (non-hydrogen) atoms. The molecule has 0 saturated heterocycles. The van der Waals surface area contributed by atoms with Gasteiger partial charge in [0.2, 0.25) is 0 Å². The Labute approximate surface area is 125 Å². The molecular formula is C11H9Br3N2O. The largest absolute Gasteiger partial charge is 0.495 e. The summed E-state index contributed by atoms with van der Waals surface area (Å²) in [6.45, 7) is 0. The van der Waals surface area contributed by atoms with E-state index in [2.05, 4.69) is 57.8 Å². The first-order valence-corrected chi connectivity index (χ1v) is 6.90. The van der Waals surface area contributed by atoms with Gasteiger partial charge in [-0.3, -0.25) is 9.97 Å². The molecule has 0 spiro atoms. The van der Waals surface area contributed by atoms with Crippen molar-refractivity contribution in [1.29, 1.82) is 0 Å². The maximum atomic E-state index is 4.90. The Morgan fingerprint density at radius 1 is 0.824 bits per heavy atom. The summed E-state index contributed by atoms with van der Waals surface area (Å²) >= 11 is 9.80. The highest BCUT2D eigenvalue weighted by Gasteiger charge is 1.89. The van der Waals surface area contributed by atoms with Crippen molar-refractivity contribution in [1.82, 2.24) is 9.97 Å². The molecule has 0 atom stereocenters. The zero-order valence-corrected chi connectivity index (χ0v) is 13.7. The molecule has 0 N–H and O–H groups in total. The quantitative estimate of drug-likeness (QED) is 0.678. The molecule has 0 bridgehead atoms. The lowest BCUT2D eigenvalue weighted by Gasteiger charge is -1.96. The minimum absolute atomic E-state index is 0.768. The van der Waals surface area contributed by atoms with Crippen LogP contribution in [0.5, 0.6) is 5.75 Å². The minimum atomic E-state index is 0.768. The highest BCUT2D eigenvalue weighted by Crippen LogP contribution is 2.14. The third-order valence-electron chi connectivity index (χ3n) is 1.59. The highest BCUT2D eigenvalue weighted by atomic mass is 79.9. The van der Waals surface area contributed by atoms with Gasteiger partial charge in [-0.25, -0.2) is 0 Å². The lowest BCUT2D eigenvalue weighted by molar-refractivity contribution is 0.412. The van der Waals surface area contributed by atoms with Gasteiger partial charge in [0.05, 0.1) is 13.3 Å². The van der Waals surface area contributed by atoms with Crippen LogP contribution < -0.4 is 4.74 Å². The van der Waals surface area contributed by atoms with Crippen LogP contribution >= 0.6 is 47.8 Å². The number of hydrogen-bond donors (Lipinski definition) is 0. The van der Waals surface area contributed by atoms with Crippen LogP contribution in [0, 0.1) is 0 Å². The number of methoxy groups -OCH3 is 1. The van der Waals surface area contributed by atoms with Crippen molar-refractivity contribution < 1.29 is 4.74 Å². The van der Waals surface area contributed by atoms with Crippen molar-refractivity contribution in [3.8, 4) is 5.75 Å². The monoisotopic (exact) mass is 422 g/mol. The minimum Gasteiger partial charge on any atom is -0.495 e. The van der Waals surface area contributed by atoms with Gasteiger partial charge in [0.1, 0.15) is 5.75 Å². The van der Waals surface area contributed by atoms with E-state index in [9.17, 15) is 0 Å². The van der Waals surface area contributed by atoms with Crippen molar-refractivity contribution in [3.63, 3.8) is 0 Å². The number of ether oxygens (including phenoxy) is 1. The Morgan fingerprint density at radius 2 is 1.29 bits per heavy atom. The van der Waals surface area contributed by atoms with Gasteiger partial charge in [-0.2, -0.15) is 0 Å². The van der Waals surface area contributed by atoms with E-state index in [1.165, 1.54) is 0 Å². The summed E-state index contributed by atoms with van der Waals surface area (Å²) in [6.07, 6.45) is 6.85. The van der Waals surface area contributed by atoms with Crippen LogP contribution in [-0.4, -0.2) is 17.1 Å². The van der Waals surface area contributed by atoms with E-state index in [1.807, 2.05) is 12.1 Å². The molecule has 0 radical (unpaired) electrons. The van der Waals surface area contributed by atoms with Crippen LogP contribution in [0.2, 0.25) is 0 Å². The molecule has 0 fully saturated rings. The SMILES string of the molecule is Brc1cncc(Br)c1.COc1cncc(Br)c1. The molecule has 0 amide bonds. The molecule has 0 saturated carbocycles. The van der Waals surface area contributed by atoms with Crippen molar-refractivity contribution in [2.75, 3.05) is 7.11 Å². The average Bonchev–Trinajstić information content (AvgIpc) is 2.29. The second-order valence-electron chi connectivity index (χ2n) is 2.86. The van der Waals surface area contributed by atoms with Crippen molar-refractivity contribution in [3.05, 3.63) is 50.3 Å². The Balaban J connectivity index is 0.000000171. The molecular weight excluding hydrogens is 416 g/mol. The molecule has 2 heterocycles. The normalized spacial score (nSPS) is 9.18. The van der Waals surface area contributed by atoms with Gasteiger partial charge in [0.15, 0.2) is 0 Å². The standard InChI is InChI=1S/C6H6BrNO.C5H3Br2N/c1-9-6-2-5(7)3-8-4-6;6-4-1-5(7)3-8-2-4/h2-4H,1H3;1-3H. The lowest BCUT2D eigenvalue weighted by Crippen LogP contribution is -1.82.